The molecule has 1 fully saturated rings. The molecule has 2 aromatic rings. The van der Waals surface area contributed by atoms with Gasteiger partial charge in [-0.15, -0.1) is 0 Å². The first kappa shape index (κ1) is 19.9. The van der Waals surface area contributed by atoms with Gasteiger partial charge >= 0.3 is 6.18 Å². The van der Waals surface area contributed by atoms with Crippen molar-refractivity contribution in [2.24, 2.45) is 11.8 Å². The number of hydrogen-bond acceptors (Lipinski definition) is 3. The van der Waals surface area contributed by atoms with Gasteiger partial charge in [-0.05, 0) is 30.2 Å². The van der Waals surface area contributed by atoms with Crippen molar-refractivity contribution in [3.8, 4) is 0 Å². The van der Waals surface area contributed by atoms with Crippen LogP contribution in [-0.4, -0.2) is 34.7 Å². The van der Waals surface area contributed by atoms with Crippen molar-refractivity contribution >= 4 is 17.5 Å². The summed E-state index contributed by atoms with van der Waals surface area (Å²) in [4.78, 5) is 25.9. The fraction of sp³-hybridized carbons (Fsp3) is 0.421. The largest absolute Gasteiger partial charge is 0.416 e. The normalized spacial score (nSPS) is 18.4. The van der Waals surface area contributed by atoms with Crippen LogP contribution in [-0.2, 0) is 22.3 Å². The van der Waals surface area contributed by atoms with Crippen LogP contribution in [0, 0.1) is 11.8 Å². The maximum Gasteiger partial charge on any atom is 0.416 e. The van der Waals surface area contributed by atoms with Crippen LogP contribution in [0.4, 0.5) is 18.9 Å². The van der Waals surface area contributed by atoms with E-state index in [0.29, 0.717) is 13.1 Å². The smallest absolute Gasteiger partial charge is 0.355 e. The standard InChI is InChI=1S/C19H21F3N4O2/c1-13(11-25-7-3-6-24-25)10-23-18(28)14-8-17(27)26(12-14)16-5-2-4-15(9-16)19(20,21)22/h2-7,9,13-14H,8,10-12H2,1H3,(H,23,28)/t13-,14+/m0/s1. The van der Waals surface area contributed by atoms with Crippen LogP contribution in [0.3, 0.4) is 0 Å². The van der Waals surface area contributed by atoms with Crippen LogP contribution < -0.4 is 10.2 Å². The lowest BCUT2D eigenvalue weighted by molar-refractivity contribution is -0.137. The van der Waals surface area contributed by atoms with Gasteiger partial charge in [-0.2, -0.15) is 18.3 Å². The zero-order valence-corrected chi connectivity index (χ0v) is 15.3. The van der Waals surface area contributed by atoms with Gasteiger partial charge in [0.05, 0.1) is 11.5 Å². The Hall–Kier alpha value is -2.84. The molecule has 3 rings (SSSR count). The van der Waals surface area contributed by atoms with Crippen molar-refractivity contribution in [3.05, 3.63) is 48.3 Å². The van der Waals surface area contributed by atoms with Gasteiger partial charge < -0.3 is 10.2 Å². The molecule has 6 nitrogen and oxygen atoms in total. The van der Waals surface area contributed by atoms with Crippen LogP contribution in [0.1, 0.15) is 18.9 Å². The number of aromatic nitrogens is 2. The quantitative estimate of drug-likeness (QED) is 0.819. The molecule has 2 heterocycles. The Morgan fingerprint density at radius 3 is 2.82 bits per heavy atom. The third-order valence-electron chi connectivity index (χ3n) is 4.66. The van der Waals surface area contributed by atoms with Crippen molar-refractivity contribution < 1.29 is 22.8 Å². The zero-order chi connectivity index (χ0) is 20.3. The van der Waals surface area contributed by atoms with E-state index in [-0.39, 0.29) is 36.4 Å². The molecule has 9 heteroatoms. The van der Waals surface area contributed by atoms with Gasteiger partial charge in [0.2, 0.25) is 11.8 Å². The van der Waals surface area contributed by atoms with Crippen LogP contribution in [0.15, 0.2) is 42.7 Å². The maximum absolute atomic E-state index is 12.9. The van der Waals surface area contributed by atoms with Gasteiger partial charge in [0.1, 0.15) is 0 Å². The summed E-state index contributed by atoms with van der Waals surface area (Å²) in [5, 5.41) is 6.94. The Labute approximate surface area is 160 Å². The average Bonchev–Trinajstić information content (AvgIpc) is 3.28. The second-order valence-electron chi connectivity index (χ2n) is 7.03. The van der Waals surface area contributed by atoms with E-state index in [9.17, 15) is 22.8 Å². The highest BCUT2D eigenvalue weighted by molar-refractivity contribution is 6.00. The second-order valence-corrected chi connectivity index (χ2v) is 7.03. The molecular formula is C19H21F3N4O2. The molecule has 1 N–H and O–H groups in total. The van der Waals surface area contributed by atoms with Crippen LogP contribution in [0.2, 0.25) is 0 Å². The van der Waals surface area contributed by atoms with E-state index >= 15 is 0 Å². The summed E-state index contributed by atoms with van der Waals surface area (Å²) >= 11 is 0. The van der Waals surface area contributed by atoms with Crippen LogP contribution in [0.25, 0.3) is 0 Å². The van der Waals surface area contributed by atoms with E-state index in [1.165, 1.54) is 17.0 Å². The molecule has 0 radical (unpaired) electrons. The molecule has 2 amide bonds. The van der Waals surface area contributed by atoms with E-state index in [1.807, 2.05) is 19.2 Å². The van der Waals surface area contributed by atoms with E-state index in [4.69, 9.17) is 0 Å². The lowest BCUT2D eigenvalue weighted by atomic mass is 10.1. The molecule has 1 aromatic carbocycles. The van der Waals surface area contributed by atoms with Crippen molar-refractivity contribution in [1.29, 1.82) is 0 Å². The lowest BCUT2D eigenvalue weighted by Crippen LogP contribution is -2.36. The summed E-state index contributed by atoms with van der Waals surface area (Å²) in [6.45, 7) is 3.11. The highest BCUT2D eigenvalue weighted by Gasteiger charge is 2.36. The molecule has 2 atom stereocenters. The second kappa shape index (κ2) is 8.04. The number of nitrogens with one attached hydrogen (secondary N) is 1. The first-order chi connectivity index (χ1) is 13.2. The van der Waals surface area contributed by atoms with Crippen molar-refractivity contribution in [3.63, 3.8) is 0 Å². The number of anilines is 1. The predicted octanol–water partition coefficient (Wildman–Crippen LogP) is 2.71. The minimum absolute atomic E-state index is 0.0182. The Balaban J connectivity index is 1.57. The number of rotatable bonds is 6. The molecule has 1 saturated heterocycles. The number of benzene rings is 1. The number of halogens is 3. The summed E-state index contributed by atoms with van der Waals surface area (Å²) < 4.78 is 40.5. The van der Waals surface area contributed by atoms with Crippen LogP contribution >= 0.6 is 0 Å². The Morgan fingerprint density at radius 1 is 1.36 bits per heavy atom. The zero-order valence-electron chi connectivity index (χ0n) is 15.3. The Kier molecular flexibility index (Phi) is 5.71. The first-order valence-corrected chi connectivity index (χ1v) is 8.97. The molecular weight excluding hydrogens is 373 g/mol. The lowest BCUT2D eigenvalue weighted by Gasteiger charge is -2.19. The number of nitrogens with zero attached hydrogens (tertiary/aromatic N) is 3. The fourth-order valence-corrected chi connectivity index (χ4v) is 3.19. The molecule has 28 heavy (non-hydrogen) atoms. The highest BCUT2D eigenvalue weighted by atomic mass is 19.4. The number of carbonyl (C=O) groups excluding carboxylic acids is 2. The van der Waals surface area contributed by atoms with Crippen LogP contribution in [0.5, 0.6) is 0 Å². The molecule has 1 aromatic heterocycles. The maximum atomic E-state index is 12.9. The average molecular weight is 394 g/mol. The first-order valence-electron chi connectivity index (χ1n) is 8.97. The number of amides is 2. The monoisotopic (exact) mass is 394 g/mol. The summed E-state index contributed by atoms with van der Waals surface area (Å²) in [7, 11) is 0. The molecule has 0 saturated carbocycles. The molecule has 0 bridgehead atoms. The minimum atomic E-state index is -4.49. The molecule has 1 aliphatic rings. The number of alkyl halides is 3. The van der Waals surface area contributed by atoms with E-state index in [2.05, 4.69) is 10.4 Å². The van der Waals surface area contributed by atoms with Gasteiger partial charge in [-0.3, -0.25) is 14.3 Å². The van der Waals surface area contributed by atoms with E-state index in [1.54, 1.807) is 10.9 Å². The molecule has 150 valence electrons. The number of hydrogen-bond donors (Lipinski definition) is 1. The Bertz CT molecular complexity index is 836. The predicted molar refractivity (Wildman–Crippen MR) is 96.3 cm³/mol. The van der Waals surface area contributed by atoms with Crippen molar-refractivity contribution in [1.82, 2.24) is 15.1 Å². The third kappa shape index (κ3) is 4.71. The fourth-order valence-electron chi connectivity index (χ4n) is 3.19. The van der Waals surface area contributed by atoms with Gasteiger partial charge in [0, 0.05) is 44.1 Å². The minimum Gasteiger partial charge on any atom is -0.355 e. The SMILES string of the molecule is C[C@@H](CNC(=O)[C@@H]1CC(=O)N(c2cccc(C(F)(F)F)c2)C1)Cn1cccn1. The van der Waals surface area contributed by atoms with Crippen molar-refractivity contribution in [2.75, 3.05) is 18.0 Å². The number of carbonyl (C=O) groups is 2. The van der Waals surface area contributed by atoms with Crippen molar-refractivity contribution in [2.45, 2.75) is 26.1 Å². The molecule has 0 spiro atoms. The molecule has 0 aliphatic carbocycles. The van der Waals surface area contributed by atoms with E-state index < -0.39 is 17.7 Å². The van der Waals surface area contributed by atoms with E-state index in [0.717, 1.165) is 12.1 Å². The summed E-state index contributed by atoms with van der Waals surface area (Å²) in [5.41, 5.74) is -0.666. The van der Waals surface area contributed by atoms with Gasteiger partial charge in [0.25, 0.3) is 0 Å². The third-order valence-corrected chi connectivity index (χ3v) is 4.66. The summed E-state index contributed by atoms with van der Waals surface area (Å²) in [6.07, 6.45) is -0.991. The van der Waals surface area contributed by atoms with Gasteiger partial charge in [0.15, 0.2) is 0 Å². The van der Waals surface area contributed by atoms with Gasteiger partial charge in [-0.1, -0.05) is 13.0 Å². The van der Waals surface area contributed by atoms with Gasteiger partial charge in [-0.25, -0.2) is 0 Å². The summed E-state index contributed by atoms with van der Waals surface area (Å²) in [5.74, 6) is -1.07. The Morgan fingerprint density at radius 2 is 2.14 bits per heavy atom. The summed E-state index contributed by atoms with van der Waals surface area (Å²) in [6, 6.07) is 6.41. The molecule has 0 unspecified atom stereocenters. The highest BCUT2D eigenvalue weighted by Crippen LogP contribution is 2.33. The molecule has 1 aliphatic heterocycles. The topological polar surface area (TPSA) is 67.2 Å².